The van der Waals surface area contributed by atoms with Crippen LogP contribution in [0.3, 0.4) is 0 Å². The molecule has 0 saturated heterocycles. The van der Waals surface area contributed by atoms with Crippen LogP contribution in [0.5, 0.6) is 0 Å². The monoisotopic (exact) mass is 487 g/mol. The molecule has 7 heteroatoms. The maximum Gasteiger partial charge on any atom is 0.242 e. The molecule has 0 bridgehead atoms. The Kier molecular flexibility index (Phi) is 7.96. The van der Waals surface area contributed by atoms with Gasteiger partial charge in [-0.2, -0.15) is 0 Å². The molecule has 2 amide bonds. The first-order valence-corrected chi connectivity index (χ1v) is 11.9. The number of nitrogens with one attached hydrogen (secondary N) is 2. The van der Waals surface area contributed by atoms with Crippen LogP contribution >= 0.6 is 23.4 Å². The molecule has 0 saturated carbocycles. The number of hydrogen-bond acceptors (Lipinski definition) is 4. The predicted molar refractivity (Wildman–Crippen MR) is 138 cm³/mol. The highest BCUT2D eigenvalue weighted by atomic mass is 35.5. The summed E-state index contributed by atoms with van der Waals surface area (Å²) in [5.74, 6) is -0.265. The van der Waals surface area contributed by atoms with Gasteiger partial charge in [0.15, 0.2) is 0 Å². The largest absolute Gasteiger partial charge is 0.326 e. The Hall–Kier alpha value is -3.61. The van der Waals surface area contributed by atoms with Gasteiger partial charge in [0.05, 0.1) is 6.42 Å². The average Bonchev–Trinajstić information content (AvgIpc) is 2.85. The molecule has 3 aromatic carbocycles. The Morgan fingerprint density at radius 1 is 0.824 bits per heavy atom. The molecule has 0 fully saturated rings. The minimum atomic E-state index is -0.477. The number of carbonyl (C=O) groups excluding carboxylic acids is 2. The van der Waals surface area contributed by atoms with Crippen molar-refractivity contribution in [2.45, 2.75) is 16.6 Å². The number of anilines is 2. The van der Waals surface area contributed by atoms with Crippen molar-refractivity contribution in [2.24, 2.45) is 0 Å². The Morgan fingerprint density at radius 2 is 1.56 bits per heavy atom. The van der Waals surface area contributed by atoms with Gasteiger partial charge in [-0.1, -0.05) is 60.1 Å². The van der Waals surface area contributed by atoms with Crippen molar-refractivity contribution in [3.05, 3.63) is 120 Å². The van der Waals surface area contributed by atoms with Gasteiger partial charge in [-0.25, -0.2) is 0 Å². The van der Waals surface area contributed by atoms with Gasteiger partial charge < -0.3 is 10.6 Å². The molecule has 5 nitrogen and oxygen atoms in total. The number of pyridine rings is 1. The van der Waals surface area contributed by atoms with E-state index >= 15 is 0 Å². The van der Waals surface area contributed by atoms with Gasteiger partial charge in [0.1, 0.15) is 5.25 Å². The number of carbonyl (C=O) groups is 2. The van der Waals surface area contributed by atoms with Crippen molar-refractivity contribution < 1.29 is 9.59 Å². The summed E-state index contributed by atoms with van der Waals surface area (Å²) in [6, 6.07) is 27.8. The van der Waals surface area contributed by atoms with E-state index < -0.39 is 5.25 Å². The van der Waals surface area contributed by atoms with Gasteiger partial charge in [0.25, 0.3) is 0 Å². The van der Waals surface area contributed by atoms with Crippen LogP contribution in [0.15, 0.2) is 108 Å². The van der Waals surface area contributed by atoms with Gasteiger partial charge in [-0.3, -0.25) is 14.6 Å². The third kappa shape index (κ3) is 6.70. The Morgan fingerprint density at radius 3 is 2.29 bits per heavy atom. The van der Waals surface area contributed by atoms with Gasteiger partial charge in [-0.15, -0.1) is 11.8 Å². The number of thioether (sulfide) groups is 1. The van der Waals surface area contributed by atoms with Crippen LogP contribution < -0.4 is 10.6 Å². The number of amides is 2. The van der Waals surface area contributed by atoms with Crippen molar-refractivity contribution in [1.29, 1.82) is 0 Å². The molecule has 34 heavy (non-hydrogen) atoms. The highest BCUT2D eigenvalue weighted by Crippen LogP contribution is 2.37. The van der Waals surface area contributed by atoms with E-state index in [0.29, 0.717) is 16.4 Å². The number of rotatable bonds is 8. The summed E-state index contributed by atoms with van der Waals surface area (Å²) < 4.78 is 0. The number of nitrogens with zero attached hydrogens (tertiary/aromatic N) is 1. The molecule has 0 aliphatic carbocycles. The van der Waals surface area contributed by atoms with E-state index in [0.717, 1.165) is 16.0 Å². The normalized spacial score (nSPS) is 11.4. The second-order valence-corrected chi connectivity index (χ2v) is 9.13. The Labute approximate surface area is 207 Å². The third-order valence-corrected chi connectivity index (χ3v) is 6.44. The second-order valence-electron chi connectivity index (χ2n) is 7.51. The summed E-state index contributed by atoms with van der Waals surface area (Å²) in [7, 11) is 0. The molecule has 4 aromatic rings. The van der Waals surface area contributed by atoms with Crippen LogP contribution in [0.1, 0.15) is 16.4 Å². The summed E-state index contributed by atoms with van der Waals surface area (Å²) in [5, 5.41) is 6.05. The first-order chi connectivity index (χ1) is 16.6. The zero-order valence-electron chi connectivity index (χ0n) is 18.1. The van der Waals surface area contributed by atoms with E-state index in [9.17, 15) is 9.59 Å². The van der Waals surface area contributed by atoms with Crippen molar-refractivity contribution in [3.63, 3.8) is 0 Å². The van der Waals surface area contributed by atoms with E-state index in [1.165, 1.54) is 11.8 Å². The van der Waals surface area contributed by atoms with Crippen LogP contribution in [0.4, 0.5) is 11.4 Å². The zero-order valence-corrected chi connectivity index (χ0v) is 19.7. The first-order valence-electron chi connectivity index (χ1n) is 10.6. The van der Waals surface area contributed by atoms with Crippen LogP contribution in [0.25, 0.3) is 0 Å². The topological polar surface area (TPSA) is 71.1 Å². The predicted octanol–water partition coefficient (Wildman–Crippen LogP) is 6.39. The van der Waals surface area contributed by atoms with Crippen molar-refractivity contribution in [2.75, 3.05) is 10.6 Å². The van der Waals surface area contributed by atoms with Gasteiger partial charge in [0, 0.05) is 33.7 Å². The summed E-state index contributed by atoms with van der Waals surface area (Å²) in [6.45, 7) is 0. The molecule has 1 unspecified atom stereocenters. The molecule has 0 aliphatic rings. The summed E-state index contributed by atoms with van der Waals surface area (Å²) in [4.78, 5) is 30.5. The molecular formula is C27H22ClN3O2S. The van der Waals surface area contributed by atoms with E-state index in [1.807, 2.05) is 66.7 Å². The summed E-state index contributed by atoms with van der Waals surface area (Å²) in [6.07, 6.45) is 3.52. The highest BCUT2D eigenvalue weighted by Gasteiger charge is 2.22. The van der Waals surface area contributed by atoms with Crippen molar-refractivity contribution in [3.8, 4) is 0 Å². The molecule has 0 aliphatic heterocycles. The number of hydrogen-bond donors (Lipinski definition) is 2. The minimum Gasteiger partial charge on any atom is -0.326 e. The fourth-order valence-electron chi connectivity index (χ4n) is 3.32. The maximum absolute atomic E-state index is 13.2. The zero-order chi connectivity index (χ0) is 23.8. The first kappa shape index (κ1) is 23.5. The van der Waals surface area contributed by atoms with Crippen molar-refractivity contribution >= 4 is 46.6 Å². The Balaban J connectivity index is 1.48. The van der Waals surface area contributed by atoms with Crippen LogP contribution in [-0.4, -0.2) is 16.8 Å². The molecule has 1 aromatic heterocycles. The molecule has 4 rings (SSSR count). The molecule has 1 heterocycles. The lowest BCUT2D eigenvalue weighted by atomic mass is 10.1. The molecule has 0 radical (unpaired) electrons. The molecular weight excluding hydrogens is 466 g/mol. The molecule has 0 spiro atoms. The van der Waals surface area contributed by atoms with Gasteiger partial charge >= 0.3 is 0 Å². The van der Waals surface area contributed by atoms with Crippen molar-refractivity contribution in [1.82, 2.24) is 4.98 Å². The van der Waals surface area contributed by atoms with E-state index in [1.54, 1.807) is 36.7 Å². The molecule has 2 N–H and O–H groups in total. The lowest BCUT2D eigenvalue weighted by Gasteiger charge is -2.17. The van der Waals surface area contributed by atoms with E-state index in [4.69, 9.17) is 11.6 Å². The molecule has 1 atom stereocenters. The number of benzene rings is 3. The lowest BCUT2D eigenvalue weighted by molar-refractivity contribution is -0.116. The van der Waals surface area contributed by atoms with E-state index in [-0.39, 0.29) is 18.2 Å². The highest BCUT2D eigenvalue weighted by molar-refractivity contribution is 8.00. The lowest BCUT2D eigenvalue weighted by Crippen LogP contribution is -2.19. The third-order valence-electron chi connectivity index (χ3n) is 4.94. The summed E-state index contributed by atoms with van der Waals surface area (Å²) in [5.41, 5.74) is 3.12. The second kappa shape index (κ2) is 11.5. The minimum absolute atomic E-state index is 0.125. The SMILES string of the molecule is O=C(Cc1ccc(Cl)cc1)Nc1cccc(SC(C(=O)Nc2ccncc2)c2ccccc2)c1. The summed E-state index contributed by atoms with van der Waals surface area (Å²) >= 11 is 7.34. The van der Waals surface area contributed by atoms with Crippen LogP contribution in [0, 0.1) is 0 Å². The van der Waals surface area contributed by atoms with Crippen LogP contribution in [-0.2, 0) is 16.0 Å². The standard InChI is InChI=1S/C27H22ClN3O2S/c28-21-11-9-19(10-12-21)17-25(32)30-23-7-4-8-24(18-23)34-26(20-5-2-1-3-6-20)27(33)31-22-13-15-29-16-14-22/h1-16,18,26H,17H2,(H,30,32)(H,29,31,33). The average molecular weight is 488 g/mol. The molecule has 170 valence electrons. The van der Waals surface area contributed by atoms with Gasteiger partial charge in [-0.05, 0) is 53.6 Å². The number of halogens is 1. The fourth-order valence-corrected chi connectivity index (χ4v) is 4.53. The maximum atomic E-state index is 13.2. The van der Waals surface area contributed by atoms with Gasteiger partial charge in [0.2, 0.25) is 11.8 Å². The Bertz CT molecular complexity index is 1250. The quantitative estimate of drug-likeness (QED) is 0.282. The fraction of sp³-hybridized carbons (Fsp3) is 0.0741. The smallest absolute Gasteiger partial charge is 0.242 e. The van der Waals surface area contributed by atoms with E-state index in [2.05, 4.69) is 15.6 Å². The number of aromatic nitrogens is 1. The van der Waals surface area contributed by atoms with Crippen LogP contribution in [0.2, 0.25) is 5.02 Å².